The first-order chi connectivity index (χ1) is 9.45. The lowest BCUT2D eigenvalue weighted by atomic mass is 9.77. The monoisotopic (exact) mass is 366 g/mol. The first-order valence-electron chi connectivity index (χ1n) is 6.81. The molecule has 0 saturated heterocycles. The highest BCUT2D eigenvalue weighted by atomic mass is 79.9. The van der Waals surface area contributed by atoms with Gasteiger partial charge in [0.25, 0.3) is 0 Å². The van der Waals surface area contributed by atoms with Crippen LogP contribution in [0.25, 0.3) is 0 Å². The Hall–Kier alpha value is -0.160. The number of hydrogen-bond donors (Lipinski definition) is 0. The van der Waals surface area contributed by atoms with Crippen LogP contribution >= 0.6 is 27.7 Å². The van der Waals surface area contributed by atoms with E-state index in [1.165, 1.54) is 44.2 Å². The molecule has 0 unspecified atom stereocenters. The van der Waals surface area contributed by atoms with Crippen molar-refractivity contribution in [3.05, 3.63) is 29.8 Å². The van der Waals surface area contributed by atoms with E-state index < -0.39 is 11.7 Å². The molecule has 0 heterocycles. The minimum atomic E-state index is -4.26. The van der Waals surface area contributed by atoms with Gasteiger partial charge >= 0.3 is 6.18 Å². The van der Waals surface area contributed by atoms with Crippen LogP contribution < -0.4 is 0 Å². The highest BCUT2D eigenvalue weighted by Crippen LogP contribution is 2.42. The molecule has 0 amide bonds. The van der Waals surface area contributed by atoms with E-state index in [1.807, 2.05) is 0 Å². The second-order valence-corrected chi connectivity index (χ2v) is 7.12. The van der Waals surface area contributed by atoms with Crippen LogP contribution in [0.1, 0.15) is 37.7 Å². The average molecular weight is 367 g/mol. The van der Waals surface area contributed by atoms with Gasteiger partial charge in [-0.2, -0.15) is 13.2 Å². The predicted molar refractivity (Wildman–Crippen MR) is 81.5 cm³/mol. The van der Waals surface area contributed by atoms with Crippen molar-refractivity contribution in [2.45, 2.75) is 43.2 Å². The molecular weight excluding hydrogens is 349 g/mol. The summed E-state index contributed by atoms with van der Waals surface area (Å²) in [5.74, 6) is 0.888. The van der Waals surface area contributed by atoms with Crippen molar-refractivity contribution in [1.29, 1.82) is 0 Å². The molecule has 0 atom stereocenters. The minimum absolute atomic E-state index is 0.247. The number of rotatable bonds is 4. The SMILES string of the molecule is FC(F)(F)c1cccc(SCC2(CBr)CCCCC2)c1. The van der Waals surface area contributed by atoms with Gasteiger partial charge in [0.2, 0.25) is 0 Å². The second-order valence-electron chi connectivity index (χ2n) is 5.51. The largest absolute Gasteiger partial charge is 0.416 e. The zero-order valence-electron chi connectivity index (χ0n) is 11.2. The molecule has 1 aromatic carbocycles. The molecule has 20 heavy (non-hydrogen) atoms. The van der Waals surface area contributed by atoms with Crippen LogP contribution in [0.3, 0.4) is 0 Å². The summed E-state index contributed by atoms with van der Waals surface area (Å²) >= 11 is 5.15. The van der Waals surface area contributed by atoms with Crippen LogP contribution in [0.4, 0.5) is 13.2 Å². The summed E-state index contributed by atoms with van der Waals surface area (Å²) in [5, 5.41) is 0.936. The third-order valence-electron chi connectivity index (χ3n) is 3.90. The number of alkyl halides is 4. The number of halogens is 4. The van der Waals surface area contributed by atoms with Crippen LogP contribution in [0, 0.1) is 5.41 Å². The maximum Gasteiger partial charge on any atom is 0.416 e. The van der Waals surface area contributed by atoms with Gasteiger partial charge in [0.15, 0.2) is 0 Å². The van der Waals surface area contributed by atoms with Crippen molar-refractivity contribution >= 4 is 27.7 Å². The molecule has 0 N–H and O–H groups in total. The average Bonchev–Trinajstić information content (AvgIpc) is 2.46. The van der Waals surface area contributed by atoms with E-state index >= 15 is 0 Å². The van der Waals surface area contributed by atoms with Crippen molar-refractivity contribution < 1.29 is 13.2 Å². The summed E-state index contributed by atoms with van der Waals surface area (Å²) in [6.07, 6.45) is 1.83. The quantitative estimate of drug-likeness (QED) is 0.455. The van der Waals surface area contributed by atoms with Gasteiger partial charge in [0.05, 0.1) is 5.56 Å². The summed E-state index contributed by atoms with van der Waals surface area (Å²) < 4.78 is 38.1. The van der Waals surface area contributed by atoms with Crippen LogP contribution in [-0.2, 0) is 6.18 Å². The fraction of sp³-hybridized carbons (Fsp3) is 0.600. The molecule has 1 aliphatic carbocycles. The maximum absolute atomic E-state index is 12.7. The van der Waals surface area contributed by atoms with Gasteiger partial charge in [-0.15, -0.1) is 11.8 Å². The summed E-state index contributed by atoms with van der Waals surface area (Å²) in [6.45, 7) is 0. The van der Waals surface area contributed by atoms with Crippen molar-refractivity contribution in [3.63, 3.8) is 0 Å². The number of hydrogen-bond acceptors (Lipinski definition) is 1. The summed E-state index contributed by atoms with van der Waals surface area (Å²) in [5.41, 5.74) is -0.309. The second kappa shape index (κ2) is 6.73. The lowest BCUT2D eigenvalue weighted by molar-refractivity contribution is -0.137. The van der Waals surface area contributed by atoms with E-state index in [4.69, 9.17) is 0 Å². The normalized spacial score (nSPS) is 19.0. The van der Waals surface area contributed by atoms with E-state index in [1.54, 1.807) is 17.8 Å². The third kappa shape index (κ3) is 4.17. The highest BCUT2D eigenvalue weighted by molar-refractivity contribution is 9.09. The molecule has 5 heteroatoms. The molecule has 0 bridgehead atoms. The Labute approximate surface area is 130 Å². The standard InChI is InChI=1S/C15H18BrF3S/c16-10-14(7-2-1-3-8-14)11-20-13-6-4-5-12(9-13)15(17,18)19/h4-6,9H,1-3,7-8,10-11H2. The van der Waals surface area contributed by atoms with Gasteiger partial charge in [0.1, 0.15) is 0 Å². The number of thioether (sulfide) groups is 1. The molecule has 0 radical (unpaired) electrons. The van der Waals surface area contributed by atoms with Crippen LogP contribution in [0.2, 0.25) is 0 Å². The molecule has 1 saturated carbocycles. The molecule has 0 spiro atoms. The summed E-state index contributed by atoms with van der Waals surface area (Å²) in [4.78, 5) is 0.714. The lowest BCUT2D eigenvalue weighted by Gasteiger charge is -2.35. The molecular formula is C15H18BrF3S. The zero-order chi connectivity index (χ0) is 14.6. The van der Waals surface area contributed by atoms with Gasteiger partial charge in [-0.05, 0) is 36.5 Å². The molecule has 0 aliphatic heterocycles. The van der Waals surface area contributed by atoms with Crippen LogP contribution in [0.5, 0.6) is 0 Å². The fourth-order valence-electron chi connectivity index (χ4n) is 2.62. The Morgan fingerprint density at radius 1 is 1.15 bits per heavy atom. The van der Waals surface area contributed by atoms with Gasteiger partial charge < -0.3 is 0 Å². The maximum atomic E-state index is 12.7. The molecule has 0 aromatic heterocycles. The topological polar surface area (TPSA) is 0 Å². The number of benzene rings is 1. The van der Waals surface area contributed by atoms with Crippen molar-refractivity contribution in [2.24, 2.45) is 5.41 Å². The fourth-order valence-corrected chi connectivity index (χ4v) is 4.89. The van der Waals surface area contributed by atoms with Gasteiger partial charge in [-0.25, -0.2) is 0 Å². The third-order valence-corrected chi connectivity index (χ3v) is 6.44. The molecule has 1 fully saturated rings. The Morgan fingerprint density at radius 2 is 1.85 bits per heavy atom. The Balaban J connectivity index is 2.03. The van der Waals surface area contributed by atoms with E-state index in [2.05, 4.69) is 15.9 Å². The Morgan fingerprint density at radius 3 is 2.45 bits per heavy atom. The lowest BCUT2D eigenvalue weighted by Crippen LogP contribution is -2.28. The van der Waals surface area contributed by atoms with Gasteiger partial charge in [-0.1, -0.05) is 41.3 Å². The van der Waals surface area contributed by atoms with Gasteiger partial charge in [-0.3, -0.25) is 0 Å². The first-order valence-corrected chi connectivity index (χ1v) is 8.92. The van der Waals surface area contributed by atoms with Crippen molar-refractivity contribution in [1.82, 2.24) is 0 Å². The molecule has 1 aliphatic rings. The van der Waals surface area contributed by atoms with E-state index in [-0.39, 0.29) is 5.41 Å². The molecule has 112 valence electrons. The van der Waals surface area contributed by atoms with Crippen molar-refractivity contribution in [3.8, 4) is 0 Å². The predicted octanol–water partition coefficient (Wildman–Crippen LogP) is 6.14. The van der Waals surface area contributed by atoms with Crippen LogP contribution in [0.15, 0.2) is 29.2 Å². The van der Waals surface area contributed by atoms with Gasteiger partial charge in [0, 0.05) is 16.0 Å². The van der Waals surface area contributed by atoms with E-state index in [0.717, 1.165) is 17.1 Å². The smallest absolute Gasteiger partial charge is 0.166 e. The van der Waals surface area contributed by atoms with E-state index in [0.29, 0.717) is 4.90 Å². The van der Waals surface area contributed by atoms with Crippen LogP contribution in [-0.4, -0.2) is 11.1 Å². The summed E-state index contributed by atoms with van der Waals surface area (Å²) in [6, 6.07) is 5.65. The van der Waals surface area contributed by atoms with E-state index in [9.17, 15) is 13.2 Å². The highest BCUT2D eigenvalue weighted by Gasteiger charge is 2.32. The Kier molecular flexibility index (Phi) is 5.46. The zero-order valence-corrected chi connectivity index (χ0v) is 13.6. The minimum Gasteiger partial charge on any atom is -0.166 e. The molecule has 2 rings (SSSR count). The molecule has 0 nitrogen and oxygen atoms in total. The molecule has 1 aromatic rings. The first kappa shape index (κ1) is 16.2. The van der Waals surface area contributed by atoms with Crippen molar-refractivity contribution in [2.75, 3.05) is 11.1 Å². The Bertz CT molecular complexity index is 439. The summed E-state index contributed by atoms with van der Waals surface area (Å²) in [7, 11) is 0.